The topological polar surface area (TPSA) is 132 Å². The molecular weight excluding hydrogens is 396 g/mol. The van der Waals surface area contributed by atoms with Gasteiger partial charge in [0.1, 0.15) is 0 Å². The van der Waals surface area contributed by atoms with Crippen LogP contribution in [-0.4, -0.2) is 35.2 Å². The highest BCUT2D eigenvalue weighted by Gasteiger charge is 2.14. The molecule has 3 rings (SSSR count). The van der Waals surface area contributed by atoms with E-state index in [9.17, 15) is 23.3 Å². The predicted octanol–water partition coefficient (Wildman–Crippen LogP) is 3.10. The van der Waals surface area contributed by atoms with Crippen LogP contribution < -0.4 is 5.32 Å². The van der Waals surface area contributed by atoms with Crippen LogP contribution in [0.2, 0.25) is 0 Å². The Hall–Kier alpha value is -3.66. The number of sulfone groups is 1. The molecule has 0 fully saturated rings. The van der Waals surface area contributed by atoms with Gasteiger partial charge in [0.25, 0.3) is 11.6 Å². The zero-order chi connectivity index (χ0) is 21.0. The number of benzene rings is 2. The Bertz CT molecular complexity index is 1160. The van der Waals surface area contributed by atoms with Crippen molar-refractivity contribution in [2.45, 2.75) is 11.9 Å². The largest absolute Gasteiger partial charge is 0.322 e. The molecular formula is C19H16N4O5S. The average molecular weight is 412 g/mol. The predicted molar refractivity (Wildman–Crippen MR) is 106 cm³/mol. The minimum atomic E-state index is -3.42. The van der Waals surface area contributed by atoms with Crippen LogP contribution >= 0.6 is 0 Å². The van der Waals surface area contributed by atoms with E-state index in [0.29, 0.717) is 16.9 Å². The molecule has 0 atom stereocenters. The fourth-order valence-electron chi connectivity index (χ4n) is 2.48. The second-order valence-electron chi connectivity index (χ2n) is 6.00. The highest BCUT2D eigenvalue weighted by molar-refractivity contribution is 7.91. The molecule has 1 N–H and O–H groups in total. The molecule has 0 aliphatic heterocycles. The first-order chi connectivity index (χ1) is 13.8. The van der Waals surface area contributed by atoms with E-state index in [0.717, 1.165) is 0 Å². The number of amides is 1. The number of anilines is 1. The zero-order valence-corrected chi connectivity index (χ0v) is 16.1. The lowest BCUT2D eigenvalue weighted by Crippen LogP contribution is -2.12. The maximum Gasteiger partial charge on any atom is 0.270 e. The standard InChI is InChI=1S/C19H16N4O5S/c1-2-29(27,28)18-11-10-17(21-22-18)13-6-8-15(9-7-13)20-19(24)14-4-3-5-16(12-14)23(25)26/h3-12H,2H2,1H3,(H,20,24). The molecule has 10 heteroatoms. The van der Waals surface area contributed by atoms with Crippen molar-refractivity contribution >= 4 is 27.1 Å². The van der Waals surface area contributed by atoms with Gasteiger partial charge < -0.3 is 5.32 Å². The SMILES string of the molecule is CCS(=O)(=O)c1ccc(-c2ccc(NC(=O)c3cccc([N+](=O)[O-])c3)cc2)nn1. The van der Waals surface area contributed by atoms with Crippen molar-refractivity contribution in [3.05, 3.63) is 76.3 Å². The molecule has 0 unspecified atom stereocenters. The van der Waals surface area contributed by atoms with Crippen LogP contribution in [0.1, 0.15) is 17.3 Å². The number of nitrogens with one attached hydrogen (secondary N) is 1. The number of rotatable bonds is 6. The van der Waals surface area contributed by atoms with E-state index in [4.69, 9.17) is 0 Å². The summed E-state index contributed by atoms with van der Waals surface area (Å²) in [4.78, 5) is 22.6. The van der Waals surface area contributed by atoms with Gasteiger partial charge in [0.2, 0.25) is 0 Å². The number of nitro benzene ring substituents is 1. The van der Waals surface area contributed by atoms with Gasteiger partial charge in [-0.25, -0.2) is 8.42 Å². The Balaban J connectivity index is 1.74. The number of hydrogen-bond donors (Lipinski definition) is 1. The Kier molecular flexibility index (Phi) is 5.64. The summed E-state index contributed by atoms with van der Waals surface area (Å²) in [6, 6.07) is 15.1. The highest BCUT2D eigenvalue weighted by Crippen LogP contribution is 2.21. The molecule has 1 aromatic heterocycles. The van der Waals surface area contributed by atoms with Gasteiger partial charge in [-0.05, 0) is 30.3 Å². The summed E-state index contributed by atoms with van der Waals surface area (Å²) in [7, 11) is -3.42. The van der Waals surface area contributed by atoms with Crippen molar-refractivity contribution in [3.63, 3.8) is 0 Å². The number of nitrogens with zero attached hydrogens (tertiary/aromatic N) is 3. The molecule has 29 heavy (non-hydrogen) atoms. The molecule has 0 bridgehead atoms. The van der Waals surface area contributed by atoms with Gasteiger partial charge in [-0.3, -0.25) is 14.9 Å². The summed E-state index contributed by atoms with van der Waals surface area (Å²) >= 11 is 0. The Morgan fingerprint density at radius 2 is 1.79 bits per heavy atom. The van der Waals surface area contributed by atoms with E-state index in [1.165, 1.54) is 37.3 Å². The Morgan fingerprint density at radius 3 is 2.38 bits per heavy atom. The lowest BCUT2D eigenvalue weighted by Gasteiger charge is -2.07. The van der Waals surface area contributed by atoms with Gasteiger partial charge in [-0.2, -0.15) is 0 Å². The third-order valence-electron chi connectivity index (χ3n) is 4.10. The van der Waals surface area contributed by atoms with E-state index in [2.05, 4.69) is 15.5 Å². The van der Waals surface area contributed by atoms with Gasteiger partial charge in [-0.1, -0.05) is 25.1 Å². The second kappa shape index (κ2) is 8.15. The van der Waals surface area contributed by atoms with Gasteiger partial charge >= 0.3 is 0 Å². The minimum Gasteiger partial charge on any atom is -0.322 e. The maximum absolute atomic E-state index is 12.3. The highest BCUT2D eigenvalue weighted by atomic mass is 32.2. The second-order valence-corrected chi connectivity index (χ2v) is 8.22. The maximum atomic E-state index is 12.3. The first-order valence-electron chi connectivity index (χ1n) is 8.53. The van der Waals surface area contributed by atoms with Crippen molar-refractivity contribution < 1.29 is 18.1 Å². The number of carbonyl (C=O) groups excluding carboxylic acids is 1. The van der Waals surface area contributed by atoms with Crippen molar-refractivity contribution in [1.82, 2.24) is 10.2 Å². The van der Waals surface area contributed by atoms with Gasteiger partial charge in [0, 0.05) is 28.9 Å². The fraction of sp³-hybridized carbons (Fsp3) is 0.105. The molecule has 0 aliphatic rings. The summed E-state index contributed by atoms with van der Waals surface area (Å²) < 4.78 is 23.6. The summed E-state index contributed by atoms with van der Waals surface area (Å²) in [6.45, 7) is 1.53. The third kappa shape index (κ3) is 4.61. The van der Waals surface area contributed by atoms with Crippen molar-refractivity contribution in [3.8, 4) is 11.3 Å². The quantitative estimate of drug-likeness (QED) is 0.486. The van der Waals surface area contributed by atoms with E-state index in [1.54, 1.807) is 30.3 Å². The van der Waals surface area contributed by atoms with Gasteiger partial charge in [-0.15, -0.1) is 10.2 Å². The minimum absolute atomic E-state index is 0.0556. The van der Waals surface area contributed by atoms with Gasteiger partial charge in [0.15, 0.2) is 14.9 Å². The number of carbonyl (C=O) groups is 1. The van der Waals surface area contributed by atoms with Crippen LogP contribution in [0.3, 0.4) is 0 Å². The zero-order valence-electron chi connectivity index (χ0n) is 15.3. The first kappa shape index (κ1) is 20.1. The lowest BCUT2D eigenvalue weighted by atomic mass is 10.1. The molecule has 3 aromatic rings. The smallest absolute Gasteiger partial charge is 0.270 e. The van der Waals surface area contributed by atoms with Crippen LogP contribution in [0, 0.1) is 10.1 Å². The Morgan fingerprint density at radius 1 is 1.07 bits per heavy atom. The van der Waals surface area contributed by atoms with Gasteiger partial charge in [0.05, 0.1) is 16.4 Å². The number of nitro groups is 1. The molecule has 148 valence electrons. The molecule has 0 saturated heterocycles. The van der Waals surface area contributed by atoms with Crippen molar-refractivity contribution in [2.75, 3.05) is 11.1 Å². The van der Waals surface area contributed by atoms with Crippen LogP contribution in [0.15, 0.2) is 65.7 Å². The average Bonchev–Trinajstić information content (AvgIpc) is 2.74. The van der Waals surface area contributed by atoms with Crippen LogP contribution in [0.25, 0.3) is 11.3 Å². The monoisotopic (exact) mass is 412 g/mol. The van der Waals surface area contributed by atoms with Crippen LogP contribution in [0.4, 0.5) is 11.4 Å². The van der Waals surface area contributed by atoms with Crippen molar-refractivity contribution in [1.29, 1.82) is 0 Å². The normalized spacial score (nSPS) is 11.1. The molecule has 0 aliphatic carbocycles. The van der Waals surface area contributed by atoms with Crippen LogP contribution in [0.5, 0.6) is 0 Å². The molecule has 0 spiro atoms. The number of hydrogen-bond acceptors (Lipinski definition) is 7. The molecule has 0 radical (unpaired) electrons. The molecule has 1 heterocycles. The number of aromatic nitrogens is 2. The summed E-state index contributed by atoms with van der Waals surface area (Å²) in [5.41, 5.74) is 1.66. The summed E-state index contributed by atoms with van der Waals surface area (Å²) in [6.07, 6.45) is 0. The summed E-state index contributed by atoms with van der Waals surface area (Å²) in [5.74, 6) is -0.532. The molecule has 0 saturated carbocycles. The lowest BCUT2D eigenvalue weighted by molar-refractivity contribution is -0.384. The number of non-ortho nitro benzene ring substituents is 1. The summed E-state index contributed by atoms with van der Waals surface area (Å²) in [5, 5.41) is 21.1. The molecule has 1 amide bonds. The molecule has 9 nitrogen and oxygen atoms in total. The Labute approximate surface area is 166 Å². The van der Waals surface area contributed by atoms with E-state index >= 15 is 0 Å². The fourth-order valence-corrected chi connectivity index (χ4v) is 3.21. The van der Waals surface area contributed by atoms with E-state index in [-0.39, 0.29) is 22.0 Å². The first-order valence-corrected chi connectivity index (χ1v) is 10.2. The van der Waals surface area contributed by atoms with Crippen molar-refractivity contribution in [2.24, 2.45) is 0 Å². The van der Waals surface area contributed by atoms with Crippen LogP contribution in [-0.2, 0) is 9.84 Å². The van der Waals surface area contributed by atoms with E-state index < -0.39 is 20.7 Å². The molecule has 2 aromatic carbocycles. The third-order valence-corrected chi connectivity index (χ3v) is 5.71. The van der Waals surface area contributed by atoms with E-state index in [1.807, 2.05) is 0 Å².